The summed E-state index contributed by atoms with van der Waals surface area (Å²) < 4.78 is 5.75. The molecule has 1 N–H and O–H groups in total. The van der Waals surface area contributed by atoms with Crippen molar-refractivity contribution in [2.45, 2.75) is 25.9 Å². The van der Waals surface area contributed by atoms with E-state index in [1.165, 1.54) is 0 Å². The molecule has 110 valence electrons. The summed E-state index contributed by atoms with van der Waals surface area (Å²) in [6, 6.07) is 7.16. The van der Waals surface area contributed by atoms with Crippen LogP contribution in [0.2, 0.25) is 5.02 Å². The lowest BCUT2D eigenvalue weighted by molar-refractivity contribution is -0.137. The Morgan fingerprint density at radius 1 is 1.55 bits per heavy atom. The highest BCUT2D eigenvalue weighted by Crippen LogP contribution is 2.26. The average molecular weight is 298 g/mol. The van der Waals surface area contributed by atoms with Crippen molar-refractivity contribution in [3.05, 3.63) is 29.3 Å². The molecule has 0 spiro atoms. The zero-order valence-corrected chi connectivity index (χ0v) is 12.3. The van der Waals surface area contributed by atoms with E-state index < -0.39 is 6.10 Å². The number of hydrogen-bond acceptors (Lipinski definition) is 3. The van der Waals surface area contributed by atoms with E-state index in [-0.39, 0.29) is 18.4 Å². The molecule has 5 heteroatoms. The van der Waals surface area contributed by atoms with Crippen LogP contribution in [-0.2, 0) is 4.79 Å². The number of carbonyl (C=O) groups is 1. The number of aliphatic hydroxyl groups is 1. The van der Waals surface area contributed by atoms with Gasteiger partial charge in [0.25, 0.3) is 5.91 Å². The lowest BCUT2D eigenvalue weighted by Gasteiger charge is -2.23. The second-order valence-corrected chi connectivity index (χ2v) is 5.47. The molecule has 1 aliphatic rings. The Balaban J connectivity index is 2.01. The maximum absolute atomic E-state index is 12.4. The molecule has 4 nitrogen and oxygen atoms in total. The molecule has 1 saturated heterocycles. The molecule has 0 aromatic heterocycles. The molecule has 1 fully saturated rings. The number of nitrogens with zero attached hydrogens (tertiary/aromatic N) is 1. The number of hydrogen-bond donors (Lipinski definition) is 1. The van der Waals surface area contributed by atoms with E-state index >= 15 is 0 Å². The van der Waals surface area contributed by atoms with Crippen LogP contribution < -0.4 is 4.74 Å². The van der Waals surface area contributed by atoms with Gasteiger partial charge in [-0.15, -0.1) is 0 Å². The first-order valence-electron chi connectivity index (χ1n) is 6.96. The topological polar surface area (TPSA) is 49.8 Å². The summed E-state index contributed by atoms with van der Waals surface area (Å²) in [5.74, 6) is 0.701. The number of benzene rings is 1. The number of aliphatic hydroxyl groups excluding tert-OH is 1. The molecule has 2 atom stereocenters. The summed E-state index contributed by atoms with van der Waals surface area (Å²) in [7, 11) is 0. The van der Waals surface area contributed by atoms with Crippen molar-refractivity contribution in [1.82, 2.24) is 4.90 Å². The van der Waals surface area contributed by atoms with Crippen molar-refractivity contribution in [3.8, 4) is 5.75 Å². The normalized spacial score (nSPS) is 19.9. The van der Waals surface area contributed by atoms with Gasteiger partial charge in [0.05, 0.1) is 5.02 Å². The highest BCUT2D eigenvalue weighted by atomic mass is 35.5. The molecule has 1 heterocycles. The summed E-state index contributed by atoms with van der Waals surface area (Å²) in [5, 5.41) is 9.65. The lowest BCUT2D eigenvalue weighted by atomic mass is 10.1. The van der Waals surface area contributed by atoms with Gasteiger partial charge in [-0.25, -0.2) is 0 Å². The van der Waals surface area contributed by atoms with Crippen LogP contribution in [-0.4, -0.2) is 41.7 Å². The van der Waals surface area contributed by atoms with Crippen LogP contribution in [0, 0.1) is 5.92 Å². The zero-order valence-electron chi connectivity index (χ0n) is 11.6. The van der Waals surface area contributed by atoms with E-state index in [0.29, 0.717) is 30.3 Å². The fraction of sp³-hybridized carbons (Fsp3) is 0.533. The minimum atomic E-state index is -0.521. The molecule has 2 rings (SSSR count). The number of ether oxygens (including phenoxy) is 1. The van der Waals surface area contributed by atoms with Gasteiger partial charge in [-0.05, 0) is 25.0 Å². The summed E-state index contributed by atoms with van der Waals surface area (Å²) in [5.41, 5.74) is 0. The first kappa shape index (κ1) is 15.1. The van der Waals surface area contributed by atoms with Gasteiger partial charge in [0.15, 0.2) is 6.10 Å². The molecule has 2 unspecified atom stereocenters. The van der Waals surface area contributed by atoms with Crippen molar-refractivity contribution >= 4 is 17.5 Å². The van der Waals surface area contributed by atoms with Gasteiger partial charge >= 0.3 is 0 Å². The lowest BCUT2D eigenvalue weighted by Crippen LogP contribution is -2.40. The Bertz CT molecular complexity index is 466. The van der Waals surface area contributed by atoms with Gasteiger partial charge in [0.2, 0.25) is 0 Å². The number of rotatable bonds is 5. The van der Waals surface area contributed by atoms with Crippen molar-refractivity contribution < 1.29 is 14.6 Å². The maximum atomic E-state index is 12.4. The summed E-state index contributed by atoms with van der Waals surface area (Å²) in [6.07, 6.45) is 0.919. The Morgan fingerprint density at radius 2 is 2.30 bits per heavy atom. The van der Waals surface area contributed by atoms with Gasteiger partial charge in [-0.3, -0.25) is 4.79 Å². The summed E-state index contributed by atoms with van der Waals surface area (Å²) in [4.78, 5) is 14.2. The monoisotopic (exact) mass is 297 g/mol. The van der Waals surface area contributed by atoms with Crippen molar-refractivity contribution in [1.29, 1.82) is 0 Å². The minimum Gasteiger partial charge on any atom is -0.479 e. The van der Waals surface area contributed by atoms with Crippen molar-refractivity contribution in [3.63, 3.8) is 0 Å². The van der Waals surface area contributed by atoms with Gasteiger partial charge in [-0.2, -0.15) is 0 Å². The molecule has 0 aliphatic carbocycles. The number of carbonyl (C=O) groups excluding carboxylic acids is 1. The van der Waals surface area contributed by atoms with Crippen LogP contribution in [0.25, 0.3) is 0 Å². The Hall–Kier alpha value is -1.26. The van der Waals surface area contributed by atoms with E-state index in [4.69, 9.17) is 21.4 Å². The summed E-state index contributed by atoms with van der Waals surface area (Å²) in [6.45, 7) is 3.34. The van der Waals surface area contributed by atoms with E-state index in [1.807, 2.05) is 19.1 Å². The zero-order chi connectivity index (χ0) is 14.5. The van der Waals surface area contributed by atoms with E-state index in [0.717, 1.165) is 6.42 Å². The standard InChI is InChI=1S/C15H20ClNO3/c1-2-13(20-14-6-4-3-5-12(14)16)15(19)17-8-7-11(9-17)10-18/h3-6,11,13,18H,2,7-10H2,1H3. The third-order valence-electron chi connectivity index (χ3n) is 3.61. The molecule has 1 aromatic rings. The van der Waals surface area contributed by atoms with Crippen LogP contribution in [0.15, 0.2) is 24.3 Å². The van der Waals surface area contributed by atoms with Crippen LogP contribution in [0.3, 0.4) is 0 Å². The second kappa shape index (κ2) is 6.95. The van der Waals surface area contributed by atoms with E-state index in [1.54, 1.807) is 17.0 Å². The number of likely N-dealkylation sites (tertiary alicyclic amines) is 1. The van der Waals surface area contributed by atoms with Crippen LogP contribution in [0.4, 0.5) is 0 Å². The fourth-order valence-corrected chi connectivity index (χ4v) is 2.57. The first-order chi connectivity index (χ1) is 9.65. The van der Waals surface area contributed by atoms with Gasteiger partial charge in [-0.1, -0.05) is 30.7 Å². The van der Waals surface area contributed by atoms with Gasteiger partial charge in [0.1, 0.15) is 5.75 Å². The number of halogens is 1. The SMILES string of the molecule is CCC(Oc1ccccc1Cl)C(=O)N1CCC(CO)C1. The van der Waals surface area contributed by atoms with E-state index in [2.05, 4.69) is 0 Å². The summed E-state index contributed by atoms with van der Waals surface area (Å²) >= 11 is 6.05. The third kappa shape index (κ3) is 3.44. The second-order valence-electron chi connectivity index (χ2n) is 5.07. The van der Waals surface area contributed by atoms with Crippen LogP contribution >= 0.6 is 11.6 Å². The van der Waals surface area contributed by atoms with Crippen molar-refractivity contribution in [2.24, 2.45) is 5.92 Å². The molecule has 0 saturated carbocycles. The first-order valence-corrected chi connectivity index (χ1v) is 7.34. The third-order valence-corrected chi connectivity index (χ3v) is 3.92. The van der Waals surface area contributed by atoms with Gasteiger partial charge in [0, 0.05) is 25.6 Å². The average Bonchev–Trinajstić information content (AvgIpc) is 2.94. The molecule has 1 amide bonds. The van der Waals surface area contributed by atoms with Crippen molar-refractivity contribution in [2.75, 3.05) is 19.7 Å². The molecule has 1 aliphatic heterocycles. The molecule has 20 heavy (non-hydrogen) atoms. The number of amides is 1. The van der Waals surface area contributed by atoms with Gasteiger partial charge < -0.3 is 14.7 Å². The smallest absolute Gasteiger partial charge is 0.263 e. The Morgan fingerprint density at radius 3 is 2.90 bits per heavy atom. The van der Waals surface area contributed by atoms with Crippen LogP contribution in [0.5, 0.6) is 5.75 Å². The largest absolute Gasteiger partial charge is 0.479 e. The Labute approximate surface area is 124 Å². The predicted octanol–water partition coefficient (Wildman–Crippen LogP) is 2.34. The highest BCUT2D eigenvalue weighted by Gasteiger charge is 2.31. The predicted molar refractivity (Wildman–Crippen MR) is 77.9 cm³/mol. The molecule has 1 aromatic carbocycles. The van der Waals surface area contributed by atoms with E-state index in [9.17, 15) is 4.79 Å². The van der Waals surface area contributed by atoms with Crippen LogP contribution in [0.1, 0.15) is 19.8 Å². The number of para-hydroxylation sites is 1. The highest BCUT2D eigenvalue weighted by molar-refractivity contribution is 6.32. The maximum Gasteiger partial charge on any atom is 0.263 e. The molecule has 0 radical (unpaired) electrons. The Kier molecular flexibility index (Phi) is 5.26. The minimum absolute atomic E-state index is 0.0247. The molecular formula is C15H20ClNO3. The quantitative estimate of drug-likeness (QED) is 0.907. The fourth-order valence-electron chi connectivity index (χ4n) is 2.39. The molecular weight excluding hydrogens is 278 g/mol. The molecule has 0 bridgehead atoms.